The number of hydrogen-bond acceptors (Lipinski definition) is 3. The summed E-state index contributed by atoms with van der Waals surface area (Å²) in [6, 6.07) is 0.471. The molecule has 2 aromatic rings. The standard InChI is InChI=1S/C11H13BrN4/c1-15-4-2-3-9(15)8-6-16-7-10(12)13-5-11(16)14-8/h5-7,9H,2-4H2,1H3. The average molecular weight is 281 g/mol. The van der Waals surface area contributed by atoms with Gasteiger partial charge in [0.15, 0.2) is 5.65 Å². The molecule has 1 unspecified atom stereocenters. The number of likely N-dealkylation sites (tertiary alicyclic amines) is 1. The van der Waals surface area contributed by atoms with E-state index in [1.165, 1.54) is 19.4 Å². The van der Waals surface area contributed by atoms with Gasteiger partial charge in [0, 0.05) is 12.4 Å². The summed E-state index contributed by atoms with van der Waals surface area (Å²) in [5, 5.41) is 0. The molecule has 0 amide bonds. The summed E-state index contributed by atoms with van der Waals surface area (Å²) in [6.45, 7) is 1.17. The Kier molecular flexibility index (Phi) is 2.44. The van der Waals surface area contributed by atoms with Crippen LogP contribution in [0.25, 0.3) is 5.65 Å². The topological polar surface area (TPSA) is 33.4 Å². The number of hydrogen-bond donors (Lipinski definition) is 0. The summed E-state index contributed by atoms with van der Waals surface area (Å²) >= 11 is 3.37. The maximum absolute atomic E-state index is 4.62. The third kappa shape index (κ3) is 1.64. The van der Waals surface area contributed by atoms with Crippen LogP contribution in [0.3, 0.4) is 0 Å². The number of fused-ring (bicyclic) bond motifs is 1. The molecule has 2 aromatic heterocycles. The number of imidazole rings is 1. The Labute approximate surface area is 102 Å². The highest BCUT2D eigenvalue weighted by Crippen LogP contribution is 2.29. The van der Waals surface area contributed by atoms with E-state index in [4.69, 9.17) is 0 Å². The number of halogens is 1. The Bertz CT molecular complexity index is 522. The molecule has 0 radical (unpaired) electrons. The minimum Gasteiger partial charge on any atom is -0.303 e. The first-order valence-corrected chi connectivity index (χ1v) is 6.24. The van der Waals surface area contributed by atoms with Gasteiger partial charge in [0.1, 0.15) is 4.60 Å². The maximum atomic E-state index is 4.62. The molecule has 3 rings (SSSR count). The van der Waals surface area contributed by atoms with Gasteiger partial charge < -0.3 is 4.40 Å². The lowest BCUT2D eigenvalue weighted by molar-refractivity contribution is 0.313. The Morgan fingerprint density at radius 1 is 1.44 bits per heavy atom. The van der Waals surface area contributed by atoms with E-state index >= 15 is 0 Å². The van der Waals surface area contributed by atoms with Crippen LogP contribution >= 0.6 is 15.9 Å². The van der Waals surface area contributed by atoms with Gasteiger partial charge in [-0.3, -0.25) is 4.90 Å². The lowest BCUT2D eigenvalue weighted by Gasteiger charge is -2.16. The van der Waals surface area contributed by atoms with Gasteiger partial charge >= 0.3 is 0 Å². The number of rotatable bonds is 1. The van der Waals surface area contributed by atoms with E-state index in [1.54, 1.807) is 6.20 Å². The van der Waals surface area contributed by atoms with Crippen molar-refractivity contribution in [2.75, 3.05) is 13.6 Å². The quantitative estimate of drug-likeness (QED) is 0.804. The van der Waals surface area contributed by atoms with Crippen LogP contribution in [0.5, 0.6) is 0 Å². The molecule has 0 bridgehead atoms. The lowest BCUT2D eigenvalue weighted by Crippen LogP contribution is -2.17. The third-order valence-corrected chi connectivity index (χ3v) is 3.60. The second-order valence-electron chi connectivity index (χ2n) is 4.28. The molecule has 1 atom stereocenters. The van der Waals surface area contributed by atoms with Gasteiger partial charge in [0.25, 0.3) is 0 Å². The molecule has 0 spiro atoms. The summed E-state index contributed by atoms with van der Waals surface area (Å²) in [5.41, 5.74) is 2.07. The minimum atomic E-state index is 0.471. The molecule has 84 valence electrons. The van der Waals surface area contributed by atoms with E-state index in [2.05, 4.69) is 44.0 Å². The Morgan fingerprint density at radius 2 is 2.31 bits per heavy atom. The van der Waals surface area contributed by atoms with Gasteiger partial charge in [0.2, 0.25) is 0 Å². The summed E-state index contributed by atoms with van der Waals surface area (Å²) in [4.78, 5) is 11.2. The van der Waals surface area contributed by atoms with Crippen LogP contribution in [-0.2, 0) is 0 Å². The van der Waals surface area contributed by atoms with Gasteiger partial charge in [0.05, 0.1) is 17.9 Å². The highest BCUT2D eigenvalue weighted by molar-refractivity contribution is 9.10. The van der Waals surface area contributed by atoms with Crippen molar-refractivity contribution in [3.8, 4) is 0 Å². The summed E-state index contributed by atoms with van der Waals surface area (Å²) in [6.07, 6.45) is 8.31. The molecule has 3 heterocycles. The number of aromatic nitrogens is 3. The average Bonchev–Trinajstić information content (AvgIpc) is 2.82. The van der Waals surface area contributed by atoms with Crippen molar-refractivity contribution in [2.24, 2.45) is 0 Å². The molecule has 1 aliphatic rings. The van der Waals surface area contributed by atoms with Crippen LogP contribution < -0.4 is 0 Å². The van der Waals surface area contributed by atoms with E-state index in [0.29, 0.717) is 6.04 Å². The van der Waals surface area contributed by atoms with Gasteiger partial charge in [-0.1, -0.05) is 0 Å². The Morgan fingerprint density at radius 3 is 3.06 bits per heavy atom. The van der Waals surface area contributed by atoms with Crippen LogP contribution in [0.15, 0.2) is 23.2 Å². The second-order valence-corrected chi connectivity index (χ2v) is 5.09. The van der Waals surface area contributed by atoms with Crippen LogP contribution in [0.1, 0.15) is 24.6 Å². The van der Waals surface area contributed by atoms with Crippen molar-refractivity contribution in [2.45, 2.75) is 18.9 Å². The van der Waals surface area contributed by atoms with Crippen molar-refractivity contribution in [3.05, 3.63) is 28.9 Å². The zero-order chi connectivity index (χ0) is 11.1. The van der Waals surface area contributed by atoms with Crippen LogP contribution in [0, 0.1) is 0 Å². The molecule has 16 heavy (non-hydrogen) atoms. The smallest absolute Gasteiger partial charge is 0.155 e. The van der Waals surface area contributed by atoms with Crippen LogP contribution in [-0.4, -0.2) is 32.9 Å². The van der Waals surface area contributed by atoms with Gasteiger partial charge in [-0.05, 0) is 42.4 Å². The summed E-state index contributed by atoms with van der Waals surface area (Å²) in [7, 11) is 2.16. The van der Waals surface area contributed by atoms with Gasteiger partial charge in [-0.25, -0.2) is 9.97 Å². The molecule has 0 aromatic carbocycles. The van der Waals surface area contributed by atoms with Gasteiger partial charge in [-0.2, -0.15) is 0 Å². The predicted octanol–water partition coefficient (Wildman–Crippen LogP) is 2.26. The third-order valence-electron chi connectivity index (χ3n) is 3.19. The molecule has 4 nitrogen and oxygen atoms in total. The van der Waals surface area contributed by atoms with Crippen LogP contribution in [0.4, 0.5) is 0 Å². The van der Waals surface area contributed by atoms with E-state index in [0.717, 1.165) is 15.9 Å². The monoisotopic (exact) mass is 280 g/mol. The molecule has 1 saturated heterocycles. The molecule has 0 aliphatic carbocycles. The second kappa shape index (κ2) is 3.82. The van der Waals surface area contributed by atoms with E-state index < -0.39 is 0 Å². The van der Waals surface area contributed by atoms with Crippen molar-refractivity contribution >= 4 is 21.6 Å². The first kappa shape index (κ1) is 10.2. The summed E-state index contributed by atoms with van der Waals surface area (Å²) in [5.74, 6) is 0. The van der Waals surface area contributed by atoms with E-state index in [1.807, 2.05) is 10.6 Å². The lowest BCUT2D eigenvalue weighted by atomic mass is 10.2. The zero-order valence-corrected chi connectivity index (χ0v) is 10.7. The molecular weight excluding hydrogens is 268 g/mol. The fourth-order valence-electron chi connectivity index (χ4n) is 2.34. The minimum absolute atomic E-state index is 0.471. The first-order valence-electron chi connectivity index (χ1n) is 5.44. The zero-order valence-electron chi connectivity index (χ0n) is 9.10. The van der Waals surface area contributed by atoms with Crippen molar-refractivity contribution in [1.82, 2.24) is 19.3 Å². The fourth-order valence-corrected chi connectivity index (χ4v) is 2.66. The van der Waals surface area contributed by atoms with Crippen molar-refractivity contribution < 1.29 is 0 Å². The summed E-state index contributed by atoms with van der Waals surface area (Å²) < 4.78 is 2.86. The van der Waals surface area contributed by atoms with Gasteiger partial charge in [-0.15, -0.1) is 0 Å². The van der Waals surface area contributed by atoms with Crippen molar-refractivity contribution in [3.63, 3.8) is 0 Å². The van der Waals surface area contributed by atoms with E-state index in [9.17, 15) is 0 Å². The Balaban J connectivity index is 2.04. The number of nitrogens with zero attached hydrogens (tertiary/aromatic N) is 4. The first-order chi connectivity index (χ1) is 7.74. The van der Waals surface area contributed by atoms with E-state index in [-0.39, 0.29) is 0 Å². The predicted molar refractivity (Wildman–Crippen MR) is 65.3 cm³/mol. The molecule has 0 N–H and O–H groups in total. The fraction of sp³-hybridized carbons (Fsp3) is 0.455. The SMILES string of the molecule is CN1CCCC1c1cn2cc(Br)ncc2n1. The maximum Gasteiger partial charge on any atom is 0.155 e. The van der Waals surface area contributed by atoms with Crippen LogP contribution in [0.2, 0.25) is 0 Å². The molecule has 1 fully saturated rings. The molecule has 1 aliphatic heterocycles. The molecular formula is C11H13BrN4. The largest absolute Gasteiger partial charge is 0.303 e. The van der Waals surface area contributed by atoms with Crippen molar-refractivity contribution in [1.29, 1.82) is 0 Å². The Hall–Kier alpha value is -0.940. The molecule has 0 saturated carbocycles. The highest BCUT2D eigenvalue weighted by atomic mass is 79.9. The highest BCUT2D eigenvalue weighted by Gasteiger charge is 2.24. The molecule has 5 heteroatoms. The normalized spacial score (nSPS) is 22.0.